The van der Waals surface area contributed by atoms with E-state index in [0.717, 1.165) is 21.3 Å². The summed E-state index contributed by atoms with van der Waals surface area (Å²) in [6.07, 6.45) is 0. The first-order valence-electron chi connectivity index (χ1n) is 4.98. The van der Waals surface area contributed by atoms with Gasteiger partial charge in [-0.2, -0.15) is 0 Å². The molecule has 0 fully saturated rings. The third kappa shape index (κ3) is 1.46. The summed E-state index contributed by atoms with van der Waals surface area (Å²) >= 11 is 1.31. The van der Waals surface area contributed by atoms with E-state index in [2.05, 4.69) is 4.98 Å². The molecule has 0 bridgehead atoms. The van der Waals surface area contributed by atoms with Crippen molar-refractivity contribution in [2.24, 2.45) is 0 Å². The monoisotopic (exact) mass is 227 g/mol. The molecule has 2 aromatic carbocycles. The number of rotatable bonds is 1. The van der Waals surface area contributed by atoms with E-state index in [1.165, 1.54) is 11.3 Å². The number of para-hydroxylation sites is 1. The Morgan fingerprint density at radius 3 is 2.56 bits per heavy atom. The van der Waals surface area contributed by atoms with Crippen molar-refractivity contribution in [1.29, 1.82) is 0 Å². The lowest BCUT2D eigenvalue weighted by Gasteiger charge is -2.01. The quantitative estimate of drug-likeness (QED) is 0.688. The Morgan fingerprint density at radius 1 is 0.938 bits per heavy atom. The van der Waals surface area contributed by atoms with Crippen molar-refractivity contribution in [2.45, 2.75) is 0 Å². The van der Waals surface area contributed by atoms with E-state index in [1.54, 1.807) is 0 Å². The van der Waals surface area contributed by atoms with Crippen molar-refractivity contribution in [3.63, 3.8) is 0 Å². The van der Waals surface area contributed by atoms with Crippen molar-refractivity contribution < 1.29 is 5.11 Å². The second-order valence-corrected chi connectivity index (χ2v) is 4.52. The lowest BCUT2D eigenvalue weighted by molar-refractivity contribution is 0.472. The highest BCUT2D eigenvalue weighted by atomic mass is 32.1. The Balaban J connectivity index is 2.31. The summed E-state index contributed by atoms with van der Waals surface area (Å²) in [6.45, 7) is 0. The van der Waals surface area contributed by atoms with Gasteiger partial charge >= 0.3 is 0 Å². The summed E-state index contributed by atoms with van der Waals surface area (Å²) in [4.78, 5) is 4.16. The molecule has 1 heterocycles. The fraction of sp³-hybridized carbons (Fsp3) is 0. The molecule has 0 atom stereocenters. The first-order valence-corrected chi connectivity index (χ1v) is 5.80. The minimum absolute atomic E-state index is 0.124. The number of nitrogens with zero attached hydrogens (tertiary/aromatic N) is 1. The number of thiazole rings is 1. The second-order valence-electron chi connectivity index (χ2n) is 3.51. The Morgan fingerprint density at radius 2 is 1.75 bits per heavy atom. The first kappa shape index (κ1) is 9.36. The molecule has 3 aromatic rings. The molecule has 0 spiro atoms. The van der Waals surface area contributed by atoms with Crippen molar-refractivity contribution in [3.8, 4) is 16.3 Å². The Bertz CT molecular complexity index is 631. The fourth-order valence-electron chi connectivity index (χ4n) is 1.79. The van der Waals surface area contributed by atoms with E-state index in [9.17, 15) is 5.11 Å². The Labute approximate surface area is 96.8 Å². The molecule has 0 saturated heterocycles. The van der Waals surface area contributed by atoms with Gasteiger partial charge in [-0.15, -0.1) is 0 Å². The molecule has 78 valence electrons. The number of benzene rings is 2. The summed E-state index contributed by atoms with van der Waals surface area (Å²) in [5, 5.41) is 9.56. The minimum atomic E-state index is 0.124. The summed E-state index contributed by atoms with van der Waals surface area (Å²) in [7, 11) is 0. The van der Waals surface area contributed by atoms with Crippen LogP contribution in [0.1, 0.15) is 0 Å². The fourth-order valence-corrected chi connectivity index (χ4v) is 2.52. The Hall–Kier alpha value is -1.87. The average Bonchev–Trinajstić information content (AvgIpc) is 2.70. The maximum atomic E-state index is 9.43. The molecule has 3 rings (SSSR count). The molecule has 16 heavy (non-hydrogen) atoms. The molecule has 0 radical (unpaired) electrons. The van der Waals surface area contributed by atoms with Crippen LogP contribution in [0.15, 0.2) is 48.5 Å². The van der Waals surface area contributed by atoms with Crippen molar-refractivity contribution in [1.82, 2.24) is 4.98 Å². The average molecular weight is 227 g/mol. The van der Waals surface area contributed by atoms with E-state index in [4.69, 9.17) is 0 Å². The van der Waals surface area contributed by atoms with Crippen LogP contribution in [0, 0.1) is 0 Å². The number of hydrogen-bond acceptors (Lipinski definition) is 3. The van der Waals surface area contributed by atoms with E-state index < -0.39 is 0 Å². The van der Waals surface area contributed by atoms with E-state index in [0.29, 0.717) is 0 Å². The molecule has 0 unspecified atom stereocenters. The zero-order valence-electron chi connectivity index (χ0n) is 8.42. The van der Waals surface area contributed by atoms with Gasteiger partial charge in [0.1, 0.15) is 0 Å². The van der Waals surface area contributed by atoms with Crippen LogP contribution in [0.25, 0.3) is 21.3 Å². The molecule has 1 N–H and O–H groups in total. The van der Waals surface area contributed by atoms with Gasteiger partial charge < -0.3 is 5.11 Å². The molecule has 1 aromatic heterocycles. The third-order valence-corrected chi connectivity index (χ3v) is 3.32. The molecule has 2 nitrogen and oxygen atoms in total. The highest BCUT2D eigenvalue weighted by Crippen LogP contribution is 2.33. The number of aromatic hydroxyl groups is 1. The standard InChI is InChI=1S/C13H9NOS/c15-13-14-12-10(7-4-8-11(12)16-13)9-5-2-1-3-6-9/h1-8H,(H,14,15). The molecule has 0 aliphatic heterocycles. The minimum Gasteiger partial charge on any atom is -0.486 e. The summed E-state index contributed by atoms with van der Waals surface area (Å²) < 4.78 is 1.01. The predicted octanol–water partition coefficient (Wildman–Crippen LogP) is 3.67. The van der Waals surface area contributed by atoms with Gasteiger partial charge in [-0.3, -0.25) is 0 Å². The van der Waals surface area contributed by atoms with Crippen molar-refractivity contribution in [2.75, 3.05) is 0 Å². The van der Waals surface area contributed by atoms with Crippen LogP contribution in [0.3, 0.4) is 0 Å². The molecular weight excluding hydrogens is 218 g/mol. The first-order chi connectivity index (χ1) is 7.84. The SMILES string of the molecule is Oc1nc2c(-c3ccccc3)cccc2s1. The maximum absolute atomic E-state index is 9.43. The van der Waals surface area contributed by atoms with Crippen molar-refractivity contribution in [3.05, 3.63) is 48.5 Å². The van der Waals surface area contributed by atoms with Crippen LogP contribution in [0.2, 0.25) is 0 Å². The number of aromatic nitrogens is 1. The van der Waals surface area contributed by atoms with Gasteiger partial charge in [0.25, 0.3) is 5.19 Å². The van der Waals surface area contributed by atoms with Gasteiger partial charge in [-0.1, -0.05) is 53.8 Å². The van der Waals surface area contributed by atoms with E-state index in [1.807, 2.05) is 48.5 Å². The zero-order chi connectivity index (χ0) is 11.0. The van der Waals surface area contributed by atoms with Crippen LogP contribution >= 0.6 is 11.3 Å². The smallest absolute Gasteiger partial charge is 0.271 e. The third-order valence-electron chi connectivity index (χ3n) is 2.49. The zero-order valence-corrected chi connectivity index (χ0v) is 9.24. The van der Waals surface area contributed by atoms with Gasteiger partial charge in [0, 0.05) is 5.56 Å². The molecular formula is C13H9NOS. The summed E-state index contributed by atoms with van der Waals surface area (Å²) in [5.41, 5.74) is 3.06. The van der Waals surface area contributed by atoms with Gasteiger partial charge in [0.05, 0.1) is 10.2 Å². The predicted molar refractivity (Wildman–Crippen MR) is 66.7 cm³/mol. The molecule has 0 saturated carbocycles. The van der Waals surface area contributed by atoms with Crippen LogP contribution in [0.5, 0.6) is 5.19 Å². The maximum Gasteiger partial charge on any atom is 0.271 e. The van der Waals surface area contributed by atoms with Gasteiger partial charge in [-0.05, 0) is 11.6 Å². The lowest BCUT2D eigenvalue weighted by Crippen LogP contribution is -1.79. The summed E-state index contributed by atoms with van der Waals surface area (Å²) in [6, 6.07) is 16.1. The number of hydrogen-bond donors (Lipinski definition) is 1. The van der Waals surface area contributed by atoms with Crippen LogP contribution < -0.4 is 0 Å². The van der Waals surface area contributed by atoms with Crippen LogP contribution in [0.4, 0.5) is 0 Å². The topological polar surface area (TPSA) is 33.1 Å². The van der Waals surface area contributed by atoms with E-state index >= 15 is 0 Å². The molecule has 0 amide bonds. The molecule has 0 aliphatic carbocycles. The highest BCUT2D eigenvalue weighted by Gasteiger charge is 2.08. The van der Waals surface area contributed by atoms with Gasteiger partial charge in [-0.25, -0.2) is 4.98 Å². The highest BCUT2D eigenvalue weighted by molar-refractivity contribution is 7.20. The molecule has 0 aliphatic rings. The molecule has 3 heteroatoms. The van der Waals surface area contributed by atoms with Crippen LogP contribution in [-0.4, -0.2) is 10.1 Å². The van der Waals surface area contributed by atoms with Crippen molar-refractivity contribution >= 4 is 21.6 Å². The summed E-state index contributed by atoms with van der Waals surface area (Å²) in [5.74, 6) is 0. The lowest BCUT2D eigenvalue weighted by atomic mass is 10.1. The van der Waals surface area contributed by atoms with E-state index in [-0.39, 0.29) is 5.19 Å². The van der Waals surface area contributed by atoms with Gasteiger partial charge in [0.15, 0.2) is 0 Å². The Kier molecular flexibility index (Phi) is 2.11. The van der Waals surface area contributed by atoms with Gasteiger partial charge in [0.2, 0.25) is 0 Å². The largest absolute Gasteiger partial charge is 0.486 e. The normalized spacial score (nSPS) is 10.8. The second kappa shape index (κ2) is 3.61. The number of fused-ring (bicyclic) bond motifs is 1. The van der Waals surface area contributed by atoms with Crippen LogP contribution in [-0.2, 0) is 0 Å².